The molecule has 3 rings (SSSR count). The molecular formula is C13H15ClN4O. The third kappa shape index (κ3) is 2.78. The number of hydrogen-bond donors (Lipinski definition) is 1. The third-order valence-electron chi connectivity index (χ3n) is 3.22. The molecule has 0 saturated carbocycles. The molecule has 1 aliphatic rings. The molecule has 1 atom stereocenters. The first-order chi connectivity index (χ1) is 9.22. The van der Waals surface area contributed by atoms with Crippen LogP contribution in [0.3, 0.4) is 0 Å². The minimum atomic E-state index is 0.104. The van der Waals surface area contributed by atoms with E-state index < -0.39 is 0 Å². The van der Waals surface area contributed by atoms with Crippen LogP contribution in [0.15, 0.2) is 28.8 Å². The number of halogens is 1. The van der Waals surface area contributed by atoms with Crippen LogP contribution in [-0.4, -0.2) is 41.7 Å². The fourth-order valence-electron chi connectivity index (χ4n) is 2.16. The molecule has 0 bridgehead atoms. The standard InChI is InChI=1S/C13H15ClN4O/c1-18-7-6-15-11(8-18)13-16-12(17-19-13)9-2-4-10(14)5-3-9/h2-5,11,15H,6-8H2,1H3. The molecule has 1 aliphatic heterocycles. The first-order valence-electron chi connectivity index (χ1n) is 6.24. The van der Waals surface area contributed by atoms with Crippen LogP contribution in [0.5, 0.6) is 0 Å². The average Bonchev–Trinajstić information content (AvgIpc) is 2.89. The van der Waals surface area contributed by atoms with Crippen molar-refractivity contribution in [2.45, 2.75) is 6.04 Å². The molecule has 2 aromatic rings. The number of nitrogens with zero attached hydrogens (tertiary/aromatic N) is 3. The van der Waals surface area contributed by atoms with Crippen LogP contribution in [-0.2, 0) is 0 Å². The van der Waals surface area contributed by atoms with Gasteiger partial charge in [-0.3, -0.25) is 0 Å². The minimum absolute atomic E-state index is 0.104. The van der Waals surface area contributed by atoms with E-state index in [0.29, 0.717) is 16.7 Å². The quantitative estimate of drug-likeness (QED) is 0.910. The Labute approximate surface area is 116 Å². The monoisotopic (exact) mass is 278 g/mol. The summed E-state index contributed by atoms with van der Waals surface area (Å²) >= 11 is 5.86. The summed E-state index contributed by atoms with van der Waals surface area (Å²) in [6, 6.07) is 7.51. The molecule has 1 unspecified atom stereocenters. The highest BCUT2D eigenvalue weighted by Gasteiger charge is 2.23. The second-order valence-corrected chi connectivity index (χ2v) is 5.17. The first kappa shape index (κ1) is 12.6. The summed E-state index contributed by atoms with van der Waals surface area (Å²) in [6.45, 7) is 2.84. The summed E-state index contributed by atoms with van der Waals surface area (Å²) in [5, 5.41) is 8.11. The molecule has 1 saturated heterocycles. The number of piperazine rings is 1. The average molecular weight is 279 g/mol. The summed E-state index contributed by atoms with van der Waals surface area (Å²) < 4.78 is 5.35. The Morgan fingerprint density at radius 3 is 2.89 bits per heavy atom. The van der Waals surface area contributed by atoms with Gasteiger partial charge in [0.05, 0.1) is 0 Å². The second-order valence-electron chi connectivity index (χ2n) is 4.73. The normalized spacial score (nSPS) is 20.6. The van der Waals surface area contributed by atoms with E-state index in [2.05, 4.69) is 27.4 Å². The lowest BCUT2D eigenvalue weighted by atomic mass is 10.2. The predicted octanol–water partition coefficient (Wildman–Crippen LogP) is 1.97. The van der Waals surface area contributed by atoms with E-state index in [0.717, 1.165) is 25.2 Å². The first-order valence-corrected chi connectivity index (χ1v) is 6.61. The highest BCUT2D eigenvalue weighted by molar-refractivity contribution is 6.30. The van der Waals surface area contributed by atoms with Gasteiger partial charge in [0.1, 0.15) is 6.04 Å². The smallest absolute Gasteiger partial charge is 0.245 e. The molecule has 1 fully saturated rings. The lowest BCUT2D eigenvalue weighted by Crippen LogP contribution is -2.43. The molecule has 1 aromatic heterocycles. The highest BCUT2D eigenvalue weighted by atomic mass is 35.5. The van der Waals surface area contributed by atoms with Crippen LogP contribution < -0.4 is 5.32 Å². The van der Waals surface area contributed by atoms with Crippen LogP contribution in [0.25, 0.3) is 11.4 Å². The van der Waals surface area contributed by atoms with E-state index in [1.807, 2.05) is 24.3 Å². The predicted molar refractivity (Wildman–Crippen MR) is 73.0 cm³/mol. The molecule has 2 heterocycles. The minimum Gasteiger partial charge on any atom is -0.337 e. The number of likely N-dealkylation sites (N-methyl/N-ethyl adjacent to an activating group) is 1. The van der Waals surface area contributed by atoms with Crippen molar-refractivity contribution >= 4 is 11.6 Å². The van der Waals surface area contributed by atoms with Crippen LogP contribution in [0, 0.1) is 0 Å². The summed E-state index contributed by atoms with van der Waals surface area (Å²) in [6.07, 6.45) is 0. The maximum Gasteiger partial charge on any atom is 0.245 e. The Morgan fingerprint density at radius 2 is 2.16 bits per heavy atom. The number of rotatable bonds is 2. The molecule has 1 N–H and O–H groups in total. The van der Waals surface area contributed by atoms with Crippen molar-refractivity contribution in [2.24, 2.45) is 0 Å². The van der Waals surface area contributed by atoms with Gasteiger partial charge in [-0.1, -0.05) is 16.8 Å². The molecule has 5 nitrogen and oxygen atoms in total. The molecule has 0 amide bonds. The van der Waals surface area contributed by atoms with Crippen LogP contribution in [0.1, 0.15) is 11.9 Å². The Balaban J connectivity index is 1.81. The van der Waals surface area contributed by atoms with Gasteiger partial charge in [0.2, 0.25) is 11.7 Å². The van der Waals surface area contributed by atoms with Gasteiger partial charge in [0.15, 0.2) is 0 Å². The van der Waals surface area contributed by atoms with Gasteiger partial charge < -0.3 is 14.7 Å². The fourth-order valence-corrected chi connectivity index (χ4v) is 2.28. The lowest BCUT2D eigenvalue weighted by Gasteiger charge is -2.28. The maximum atomic E-state index is 5.86. The van der Waals surface area contributed by atoms with E-state index in [-0.39, 0.29) is 6.04 Å². The molecule has 19 heavy (non-hydrogen) atoms. The molecule has 0 aliphatic carbocycles. The van der Waals surface area contributed by atoms with Gasteiger partial charge in [-0.15, -0.1) is 0 Å². The van der Waals surface area contributed by atoms with E-state index in [9.17, 15) is 0 Å². The van der Waals surface area contributed by atoms with Gasteiger partial charge in [-0.25, -0.2) is 0 Å². The summed E-state index contributed by atoms with van der Waals surface area (Å²) in [5.74, 6) is 1.23. The van der Waals surface area contributed by atoms with Gasteiger partial charge in [-0.2, -0.15) is 4.98 Å². The lowest BCUT2D eigenvalue weighted by molar-refractivity contribution is 0.208. The van der Waals surface area contributed by atoms with Crippen LogP contribution in [0.4, 0.5) is 0 Å². The van der Waals surface area contributed by atoms with Crippen LogP contribution in [0.2, 0.25) is 5.02 Å². The van der Waals surface area contributed by atoms with Crippen molar-refractivity contribution in [3.63, 3.8) is 0 Å². The molecule has 0 radical (unpaired) electrons. The van der Waals surface area contributed by atoms with E-state index in [1.54, 1.807) is 0 Å². The number of benzene rings is 1. The number of hydrogen-bond acceptors (Lipinski definition) is 5. The maximum absolute atomic E-state index is 5.86. The Morgan fingerprint density at radius 1 is 1.37 bits per heavy atom. The number of aromatic nitrogens is 2. The molecule has 1 aromatic carbocycles. The van der Waals surface area contributed by atoms with Gasteiger partial charge in [0, 0.05) is 30.2 Å². The molecule has 6 heteroatoms. The van der Waals surface area contributed by atoms with Crippen molar-refractivity contribution in [1.82, 2.24) is 20.4 Å². The van der Waals surface area contributed by atoms with Crippen LogP contribution >= 0.6 is 11.6 Å². The molecule has 100 valence electrons. The zero-order valence-corrected chi connectivity index (χ0v) is 11.4. The fraction of sp³-hybridized carbons (Fsp3) is 0.385. The number of nitrogens with one attached hydrogen (secondary N) is 1. The van der Waals surface area contributed by atoms with Crippen molar-refractivity contribution in [3.05, 3.63) is 35.2 Å². The zero-order chi connectivity index (χ0) is 13.2. The Hall–Kier alpha value is -1.43. The third-order valence-corrected chi connectivity index (χ3v) is 3.47. The second kappa shape index (κ2) is 5.28. The van der Waals surface area contributed by atoms with Crippen molar-refractivity contribution < 1.29 is 4.52 Å². The van der Waals surface area contributed by atoms with E-state index in [4.69, 9.17) is 16.1 Å². The Kier molecular flexibility index (Phi) is 3.50. The summed E-state index contributed by atoms with van der Waals surface area (Å²) in [5.41, 5.74) is 0.906. The Bertz CT molecular complexity index is 554. The van der Waals surface area contributed by atoms with Crippen molar-refractivity contribution in [3.8, 4) is 11.4 Å². The van der Waals surface area contributed by atoms with Gasteiger partial charge >= 0.3 is 0 Å². The van der Waals surface area contributed by atoms with E-state index in [1.165, 1.54) is 0 Å². The topological polar surface area (TPSA) is 54.2 Å². The van der Waals surface area contributed by atoms with Gasteiger partial charge in [-0.05, 0) is 31.3 Å². The molecular weight excluding hydrogens is 264 g/mol. The van der Waals surface area contributed by atoms with Gasteiger partial charge in [0.25, 0.3) is 0 Å². The van der Waals surface area contributed by atoms with Crippen molar-refractivity contribution in [2.75, 3.05) is 26.7 Å². The summed E-state index contributed by atoms with van der Waals surface area (Å²) in [7, 11) is 2.09. The SMILES string of the molecule is CN1CCNC(c2nc(-c3ccc(Cl)cc3)no2)C1. The largest absolute Gasteiger partial charge is 0.337 e. The van der Waals surface area contributed by atoms with Crippen molar-refractivity contribution in [1.29, 1.82) is 0 Å². The molecule has 0 spiro atoms. The zero-order valence-electron chi connectivity index (χ0n) is 10.6. The van der Waals surface area contributed by atoms with E-state index >= 15 is 0 Å². The summed E-state index contributed by atoms with van der Waals surface area (Å²) in [4.78, 5) is 6.70. The highest BCUT2D eigenvalue weighted by Crippen LogP contribution is 2.21.